The average molecular weight is 315 g/mol. The van der Waals surface area contributed by atoms with Gasteiger partial charge in [0.25, 0.3) is 5.91 Å². The third kappa shape index (κ3) is 3.75. The zero-order chi connectivity index (χ0) is 16.1. The van der Waals surface area contributed by atoms with Crippen molar-refractivity contribution in [3.8, 4) is 0 Å². The van der Waals surface area contributed by atoms with Gasteiger partial charge < -0.3 is 14.6 Å². The van der Waals surface area contributed by atoms with Crippen LogP contribution in [-0.4, -0.2) is 58.2 Å². The Kier molecular flexibility index (Phi) is 4.99. The monoisotopic (exact) mass is 315 g/mol. The Balaban J connectivity index is 1.71. The quantitative estimate of drug-likeness (QED) is 0.876. The van der Waals surface area contributed by atoms with E-state index in [0.29, 0.717) is 25.6 Å². The van der Waals surface area contributed by atoms with Crippen LogP contribution in [0.3, 0.4) is 0 Å². The van der Waals surface area contributed by atoms with Gasteiger partial charge in [0.1, 0.15) is 0 Å². The van der Waals surface area contributed by atoms with E-state index >= 15 is 0 Å². The number of hydrogen-bond donors (Lipinski definition) is 1. The van der Waals surface area contributed by atoms with Crippen molar-refractivity contribution in [2.24, 2.45) is 7.05 Å². The largest absolute Gasteiger partial charge is 0.379 e. The molecule has 3 rings (SSSR count). The highest BCUT2D eigenvalue weighted by Gasteiger charge is 2.24. The van der Waals surface area contributed by atoms with Gasteiger partial charge in [0.2, 0.25) is 0 Å². The number of aromatic nitrogens is 3. The van der Waals surface area contributed by atoms with Crippen LogP contribution < -0.4 is 5.32 Å². The van der Waals surface area contributed by atoms with Crippen molar-refractivity contribution in [3.05, 3.63) is 48.3 Å². The van der Waals surface area contributed by atoms with Gasteiger partial charge in [0.15, 0.2) is 5.82 Å². The Labute approximate surface area is 135 Å². The summed E-state index contributed by atoms with van der Waals surface area (Å²) < 4.78 is 7.13. The minimum atomic E-state index is -0.174. The van der Waals surface area contributed by atoms with Crippen molar-refractivity contribution >= 4 is 5.91 Å². The molecule has 1 atom stereocenters. The van der Waals surface area contributed by atoms with Crippen molar-refractivity contribution in [1.29, 1.82) is 0 Å². The van der Waals surface area contributed by atoms with Gasteiger partial charge in [-0.2, -0.15) is 0 Å². The van der Waals surface area contributed by atoms with Crippen molar-refractivity contribution in [2.45, 2.75) is 6.04 Å². The number of morpholine rings is 1. The molecule has 1 unspecified atom stereocenters. The molecule has 1 aliphatic rings. The molecule has 2 aromatic heterocycles. The Morgan fingerprint density at radius 3 is 2.78 bits per heavy atom. The first-order valence-corrected chi connectivity index (χ1v) is 7.74. The SMILES string of the molecule is Cn1ccnc1C(=O)NCC(c1ccccn1)N1CCOCC1. The summed E-state index contributed by atoms with van der Waals surface area (Å²) in [6.07, 6.45) is 5.16. The highest BCUT2D eigenvalue weighted by molar-refractivity contribution is 5.90. The first-order valence-electron chi connectivity index (χ1n) is 7.74. The van der Waals surface area contributed by atoms with E-state index in [1.165, 1.54) is 0 Å². The first-order chi connectivity index (χ1) is 11.3. The molecule has 0 saturated carbocycles. The summed E-state index contributed by atoms with van der Waals surface area (Å²) in [4.78, 5) is 23.1. The highest BCUT2D eigenvalue weighted by Crippen LogP contribution is 2.19. The average Bonchev–Trinajstić information content (AvgIpc) is 3.03. The lowest BCUT2D eigenvalue weighted by atomic mass is 10.1. The normalized spacial score (nSPS) is 16.9. The summed E-state index contributed by atoms with van der Waals surface area (Å²) in [5, 5.41) is 2.98. The minimum Gasteiger partial charge on any atom is -0.379 e. The topological polar surface area (TPSA) is 72.3 Å². The maximum absolute atomic E-state index is 12.3. The zero-order valence-electron chi connectivity index (χ0n) is 13.2. The van der Waals surface area contributed by atoms with Gasteiger partial charge in [-0.15, -0.1) is 0 Å². The summed E-state index contributed by atoms with van der Waals surface area (Å²) in [6, 6.07) is 5.89. The molecule has 23 heavy (non-hydrogen) atoms. The zero-order valence-corrected chi connectivity index (χ0v) is 13.2. The lowest BCUT2D eigenvalue weighted by Gasteiger charge is -2.34. The number of aryl methyl sites for hydroxylation is 1. The summed E-state index contributed by atoms with van der Waals surface area (Å²) in [5.74, 6) is 0.235. The molecule has 1 N–H and O–H groups in total. The molecule has 0 aliphatic carbocycles. The van der Waals surface area contributed by atoms with Gasteiger partial charge in [-0.25, -0.2) is 4.98 Å². The molecule has 1 amide bonds. The van der Waals surface area contributed by atoms with E-state index < -0.39 is 0 Å². The van der Waals surface area contributed by atoms with E-state index in [0.717, 1.165) is 18.8 Å². The van der Waals surface area contributed by atoms with Crippen LogP contribution in [0.1, 0.15) is 22.4 Å². The van der Waals surface area contributed by atoms with Crippen molar-refractivity contribution < 1.29 is 9.53 Å². The molecule has 3 heterocycles. The van der Waals surface area contributed by atoms with Crippen LogP contribution in [0.25, 0.3) is 0 Å². The van der Waals surface area contributed by atoms with Crippen LogP contribution in [0, 0.1) is 0 Å². The number of pyridine rings is 1. The van der Waals surface area contributed by atoms with Crippen molar-refractivity contribution in [1.82, 2.24) is 24.8 Å². The number of rotatable bonds is 5. The predicted molar refractivity (Wildman–Crippen MR) is 84.9 cm³/mol. The third-order valence-corrected chi connectivity index (χ3v) is 4.00. The lowest BCUT2D eigenvalue weighted by Crippen LogP contribution is -2.44. The van der Waals surface area contributed by atoms with E-state index in [9.17, 15) is 4.79 Å². The summed E-state index contributed by atoms with van der Waals surface area (Å²) >= 11 is 0. The molecule has 1 saturated heterocycles. The Bertz CT molecular complexity index is 637. The van der Waals surface area contributed by atoms with E-state index in [4.69, 9.17) is 4.74 Å². The third-order valence-electron chi connectivity index (χ3n) is 4.00. The fraction of sp³-hybridized carbons (Fsp3) is 0.438. The van der Waals surface area contributed by atoms with E-state index in [2.05, 4.69) is 20.2 Å². The molecular weight excluding hydrogens is 294 g/mol. The molecule has 1 aliphatic heterocycles. The molecule has 0 spiro atoms. The number of ether oxygens (including phenoxy) is 1. The van der Waals surface area contributed by atoms with Crippen LogP contribution in [0.4, 0.5) is 0 Å². The smallest absolute Gasteiger partial charge is 0.287 e. The Morgan fingerprint density at radius 2 is 2.13 bits per heavy atom. The van der Waals surface area contributed by atoms with Gasteiger partial charge >= 0.3 is 0 Å². The molecule has 0 radical (unpaired) electrons. The fourth-order valence-corrected chi connectivity index (χ4v) is 2.74. The van der Waals surface area contributed by atoms with Crippen molar-refractivity contribution in [3.63, 3.8) is 0 Å². The molecule has 122 valence electrons. The Hall–Kier alpha value is -2.25. The van der Waals surface area contributed by atoms with Gasteiger partial charge in [0.05, 0.1) is 24.9 Å². The fourth-order valence-electron chi connectivity index (χ4n) is 2.74. The van der Waals surface area contributed by atoms with Gasteiger partial charge in [-0.3, -0.25) is 14.7 Å². The summed E-state index contributed by atoms with van der Waals surface area (Å²) in [5.41, 5.74) is 0.953. The molecule has 7 heteroatoms. The highest BCUT2D eigenvalue weighted by atomic mass is 16.5. The van der Waals surface area contributed by atoms with E-state index in [1.54, 1.807) is 30.2 Å². The maximum atomic E-state index is 12.3. The van der Waals surface area contributed by atoms with Crippen LogP contribution in [0.5, 0.6) is 0 Å². The number of nitrogens with one attached hydrogen (secondary N) is 1. The number of carbonyl (C=O) groups is 1. The molecular formula is C16H21N5O2. The van der Waals surface area contributed by atoms with Crippen LogP contribution in [0.15, 0.2) is 36.8 Å². The number of carbonyl (C=O) groups excluding carboxylic acids is 1. The van der Waals surface area contributed by atoms with E-state index in [1.807, 2.05) is 18.2 Å². The molecule has 0 aromatic carbocycles. The molecule has 1 fully saturated rings. The molecule has 0 bridgehead atoms. The molecule has 7 nitrogen and oxygen atoms in total. The second-order valence-electron chi connectivity index (χ2n) is 5.49. The summed E-state index contributed by atoms with van der Waals surface area (Å²) in [7, 11) is 1.81. The Morgan fingerprint density at radius 1 is 1.30 bits per heavy atom. The van der Waals surface area contributed by atoms with Gasteiger partial charge in [-0.1, -0.05) is 6.07 Å². The second kappa shape index (κ2) is 7.34. The lowest BCUT2D eigenvalue weighted by molar-refractivity contribution is 0.0153. The molecule has 2 aromatic rings. The standard InChI is InChI=1S/C16H21N5O2/c1-20-7-6-18-15(20)16(22)19-12-14(13-4-2-3-5-17-13)21-8-10-23-11-9-21/h2-7,14H,8-12H2,1H3,(H,19,22). The summed E-state index contributed by atoms with van der Waals surface area (Å²) in [6.45, 7) is 3.56. The predicted octanol–water partition coefficient (Wildman–Crippen LogP) is 0.618. The first kappa shape index (κ1) is 15.6. The number of hydrogen-bond acceptors (Lipinski definition) is 5. The second-order valence-corrected chi connectivity index (χ2v) is 5.49. The maximum Gasteiger partial charge on any atom is 0.287 e. The van der Waals surface area contributed by atoms with Crippen LogP contribution >= 0.6 is 0 Å². The minimum absolute atomic E-state index is 0.0318. The van der Waals surface area contributed by atoms with Crippen LogP contribution in [-0.2, 0) is 11.8 Å². The number of nitrogens with zero attached hydrogens (tertiary/aromatic N) is 4. The van der Waals surface area contributed by atoms with E-state index in [-0.39, 0.29) is 11.9 Å². The van der Waals surface area contributed by atoms with Gasteiger partial charge in [0, 0.05) is 45.3 Å². The number of amides is 1. The van der Waals surface area contributed by atoms with Crippen LogP contribution in [0.2, 0.25) is 0 Å². The number of imidazole rings is 1. The van der Waals surface area contributed by atoms with Crippen molar-refractivity contribution in [2.75, 3.05) is 32.8 Å². The van der Waals surface area contributed by atoms with Gasteiger partial charge in [-0.05, 0) is 12.1 Å².